The maximum atomic E-state index is 11.5. The third-order valence-electron chi connectivity index (χ3n) is 3.05. The van der Waals surface area contributed by atoms with Crippen molar-refractivity contribution in [1.82, 2.24) is 14.3 Å². The van der Waals surface area contributed by atoms with Gasteiger partial charge in [-0.05, 0) is 32.9 Å². The minimum atomic E-state index is -3.29. The van der Waals surface area contributed by atoms with Crippen LogP contribution in [0.3, 0.4) is 0 Å². The van der Waals surface area contributed by atoms with Gasteiger partial charge in [-0.1, -0.05) is 12.1 Å². The summed E-state index contributed by atoms with van der Waals surface area (Å²) in [7, 11) is -3.29. The first-order valence-electron chi connectivity index (χ1n) is 6.67. The van der Waals surface area contributed by atoms with Gasteiger partial charge < -0.3 is 4.57 Å². The van der Waals surface area contributed by atoms with Gasteiger partial charge in [0.1, 0.15) is 5.82 Å². The van der Waals surface area contributed by atoms with E-state index in [0.29, 0.717) is 6.54 Å². The van der Waals surface area contributed by atoms with E-state index in [2.05, 4.69) is 9.71 Å². The number of nitrogens with zero attached hydrogens (tertiary/aromatic N) is 2. The van der Waals surface area contributed by atoms with Crippen LogP contribution in [0.2, 0.25) is 0 Å². The topological polar surface area (TPSA) is 64.0 Å². The summed E-state index contributed by atoms with van der Waals surface area (Å²) in [5.41, 5.74) is 1.16. The number of alkyl halides is 1. The van der Waals surface area contributed by atoms with Gasteiger partial charge in [-0.2, -0.15) is 0 Å². The molecule has 0 saturated heterocycles. The van der Waals surface area contributed by atoms with Gasteiger partial charge in [0.25, 0.3) is 0 Å². The van der Waals surface area contributed by atoms with Crippen LogP contribution in [-0.4, -0.2) is 29.8 Å². The first-order valence-corrected chi connectivity index (χ1v) is 9.00. The van der Waals surface area contributed by atoms with Gasteiger partial charge >= 0.3 is 0 Å². The highest BCUT2D eigenvalue weighted by molar-refractivity contribution is 7.88. The summed E-state index contributed by atoms with van der Waals surface area (Å²) in [5.74, 6) is 0.737. The van der Waals surface area contributed by atoms with Gasteiger partial charge in [-0.15, -0.1) is 11.6 Å². The van der Waals surface area contributed by atoms with Crippen LogP contribution in [0.5, 0.6) is 0 Å². The van der Waals surface area contributed by atoms with E-state index in [4.69, 9.17) is 11.6 Å². The van der Waals surface area contributed by atoms with Crippen molar-refractivity contribution in [1.29, 1.82) is 0 Å². The molecule has 0 radical (unpaired) electrons. The molecule has 0 fully saturated rings. The zero-order valence-electron chi connectivity index (χ0n) is 12.6. The number of hydrogen-bond donors (Lipinski definition) is 1. The molecule has 1 aromatic heterocycles. The van der Waals surface area contributed by atoms with Gasteiger partial charge in [0.05, 0.1) is 22.7 Å². The molecule has 1 unspecified atom stereocenters. The van der Waals surface area contributed by atoms with Crippen LogP contribution in [0.1, 0.15) is 32.0 Å². The van der Waals surface area contributed by atoms with Crippen molar-refractivity contribution in [2.75, 3.05) is 6.26 Å². The van der Waals surface area contributed by atoms with Gasteiger partial charge in [-0.25, -0.2) is 18.1 Å². The second kappa shape index (κ2) is 5.59. The Kier molecular flexibility index (Phi) is 4.33. The smallest absolute Gasteiger partial charge is 0.209 e. The average molecular weight is 330 g/mol. The number of imidazole rings is 1. The normalized spacial score (nSPS) is 14.5. The van der Waals surface area contributed by atoms with Crippen LogP contribution < -0.4 is 4.72 Å². The highest BCUT2D eigenvalue weighted by Gasteiger charge is 2.26. The van der Waals surface area contributed by atoms with Gasteiger partial charge in [0, 0.05) is 12.1 Å². The van der Waals surface area contributed by atoms with Crippen molar-refractivity contribution in [3.63, 3.8) is 0 Å². The monoisotopic (exact) mass is 329 g/mol. The molecule has 1 atom stereocenters. The van der Waals surface area contributed by atoms with Crippen molar-refractivity contribution in [2.24, 2.45) is 0 Å². The number of para-hydroxylation sites is 2. The zero-order chi connectivity index (χ0) is 15.8. The summed E-state index contributed by atoms with van der Waals surface area (Å²) in [6.45, 7) is 5.99. The Morgan fingerprint density at radius 2 is 2.00 bits per heavy atom. The Bertz CT molecular complexity index is 751. The lowest BCUT2D eigenvalue weighted by atomic mass is 10.1. The number of nitrogens with one attached hydrogen (secondary N) is 1. The predicted molar refractivity (Wildman–Crippen MR) is 86.1 cm³/mol. The fraction of sp³-hybridized carbons (Fsp3) is 0.500. The Labute approximate surface area is 130 Å². The molecule has 2 aromatic rings. The number of hydrogen-bond acceptors (Lipinski definition) is 3. The van der Waals surface area contributed by atoms with Crippen molar-refractivity contribution in [3.05, 3.63) is 30.1 Å². The third kappa shape index (κ3) is 3.96. The summed E-state index contributed by atoms with van der Waals surface area (Å²) in [5, 5.41) is -0.258. The molecule has 5 nitrogen and oxygen atoms in total. The predicted octanol–water partition coefficient (Wildman–Crippen LogP) is 2.66. The fourth-order valence-electron chi connectivity index (χ4n) is 2.49. The molecular formula is C14H20ClN3O2S. The van der Waals surface area contributed by atoms with E-state index in [1.807, 2.05) is 49.6 Å². The third-order valence-corrected chi connectivity index (χ3v) is 4.17. The molecule has 116 valence electrons. The Balaban J connectivity index is 2.47. The van der Waals surface area contributed by atoms with E-state index in [9.17, 15) is 8.42 Å². The molecule has 0 amide bonds. The first kappa shape index (κ1) is 16.3. The molecule has 1 heterocycles. The highest BCUT2D eigenvalue weighted by atomic mass is 35.5. The molecule has 7 heteroatoms. The number of halogens is 1. The maximum absolute atomic E-state index is 11.5. The SMILES string of the molecule is CC(Cl)c1nc2ccccc2n1CC(C)(C)NS(C)(=O)=O. The van der Waals surface area contributed by atoms with Crippen LogP contribution in [0.15, 0.2) is 24.3 Å². The lowest BCUT2D eigenvalue weighted by molar-refractivity contribution is 0.390. The molecule has 1 aromatic carbocycles. The van der Waals surface area contributed by atoms with Crippen molar-refractivity contribution in [3.8, 4) is 0 Å². The van der Waals surface area contributed by atoms with Crippen LogP contribution in [0.25, 0.3) is 11.0 Å². The molecule has 1 N–H and O–H groups in total. The molecule has 0 aliphatic rings. The van der Waals surface area contributed by atoms with E-state index >= 15 is 0 Å². The number of rotatable bonds is 5. The van der Waals surface area contributed by atoms with E-state index in [-0.39, 0.29) is 5.38 Å². The van der Waals surface area contributed by atoms with Crippen molar-refractivity contribution < 1.29 is 8.42 Å². The van der Waals surface area contributed by atoms with Crippen LogP contribution in [0, 0.1) is 0 Å². The van der Waals surface area contributed by atoms with E-state index < -0.39 is 15.6 Å². The minimum Gasteiger partial charge on any atom is -0.325 e. The Hall–Kier alpha value is -1.11. The van der Waals surface area contributed by atoms with Crippen molar-refractivity contribution >= 4 is 32.7 Å². The molecule has 0 aliphatic carbocycles. The largest absolute Gasteiger partial charge is 0.325 e. The molecule has 0 saturated carbocycles. The molecule has 0 aliphatic heterocycles. The lowest BCUT2D eigenvalue weighted by Crippen LogP contribution is -2.46. The van der Waals surface area contributed by atoms with E-state index in [1.165, 1.54) is 0 Å². The summed E-state index contributed by atoms with van der Waals surface area (Å²) >= 11 is 6.22. The summed E-state index contributed by atoms with van der Waals surface area (Å²) in [6, 6.07) is 7.73. The zero-order valence-corrected chi connectivity index (χ0v) is 14.2. The Morgan fingerprint density at radius 1 is 1.38 bits per heavy atom. The minimum absolute atomic E-state index is 0.258. The van der Waals surface area contributed by atoms with Crippen molar-refractivity contribution in [2.45, 2.75) is 38.2 Å². The van der Waals surface area contributed by atoms with E-state index in [1.54, 1.807) is 0 Å². The van der Waals surface area contributed by atoms with Gasteiger partial charge in [0.15, 0.2) is 0 Å². The molecule has 0 spiro atoms. The number of benzene rings is 1. The lowest BCUT2D eigenvalue weighted by Gasteiger charge is -2.27. The molecular weight excluding hydrogens is 310 g/mol. The Morgan fingerprint density at radius 3 is 2.57 bits per heavy atom. The molecule has 2 rings (SSSR count). The quantitative estimate of drug-likeness (QED) is 0.858. The highest BCUT2D eigenvalue weighted by Crippen LogP contribution is 2.26. The number of sulfonamides is 1. The summed E-state index contributed by atoms with van der Waals surface area (Å²) < 4.78 is 27.6. The standard InChI is InChI=1S/C14H20ClN3O2S/c1-10(15)13-16-11-7-5-6-8-12(11)18(13)9-14(2,3)17-21(4,19)20/h5-8,10,17H,9H2,1-4H3. The molecule has 0 bridgehead atoms. The van der Waals surface area contributed by atoms with E-state index in [0.717, 1.165) is 23.1 Å². The second-order valence-electron chi connectivity index (χ2n) is 5.92. The van der Waals surface area contributed by atoms with Crippen LogP contribution in [0.4, 0.5) is 0 Å². The second-order valence-corrected chi connectivity index (χ2v) is 8.32. The maximum Gasteiger partial charge on any atom is 0.209 e. The van der Waals surface area contributed by atoms with Crippen LogP contribution >= 0.6 is 11.6 Å². The summed E-state index contributed by atoms with van der Waals surface area (Å²) in [4.78, 5) is 4.55. The molecule has 21 heavy (non-hydrogen) atoms. The fourth-order valence-corrected chi connectivity index (χ4v) is 3.73. The summed E-state index contributed by atoms with van der Waals surface area (Å²) in [6.07, 6.45) is 1.16. The first-order chi connectivity index (χ1) is 9.59. The van der Waals surface area contributed by atoms with Gasteiger partial charge in [0.2, 0.25) is 10.0 Å². The van der Waals surface area contributed by atoms with Crippen LogP contribution in [-0.2, 0) is 16.6 Å². The number of aromatic nitrogens is 2. The average Bonchev–Trinajstić information content (AvgIpc) is 2.65. The van der Waals surface area contributed by atoms with Gasteiger partial charge in [-0.3, -0.25) is 0 Å². The number of fused-ring (bicyclic) bond motifs is 1.